The van der Waals surface area contributed by atoms with Crippen molar-refractivity contribution in [1.29, 1.82) is 0 Å². The highest BCUT2D eigenvalue weighted by atomic mass is 32.1. The van der Waals surface area contributed by atoms with Crippen molar-refractivity contribution in [2.24, 2.45) is 0 Å². The summed E-state index contributed by atoms with van der Waals surface area (Å²) in [6.45, 7) is 0. The van der Waals surface area contributed by atoms with Crippen molar-refractivity contribution in [3.8, 4) is 22.6 Å². The van der Waals surface area contributed by atoms with E-state index in [9.17, 15) is 0 Å². The second-order valence-corrected chi connectivity index (χ2v) is 14.0. The topological polar surface area (TPSA) is 25.8 Å². The number of fused-ring (bicyclic) bond motifs is 14. The van der Waals surface area contributed by atoms with Crippen molar-refractivity contribution in [1.82, 2.24) is 9.97 Å². The second-order valence-electron chi connectivity index (χ2n) is 10.9. The minimum absolute atomic E-state index is 0.764. The average molecular weight is 601 g/mol. The van der Waals surface area contributed by atoms with Gasteiger partial charge in [-0.15, -0.1) is 34.0 Å². The smallest absolute Gasteiger partial charge is 0.160 e. The summed E-state index contributed by atoms with van der Waals surface area (Å²) in [5.74, 6) is 0.764. The van der Waals surface area contributed by atoms with Gasteiger partial charge in [-0.1, -0.05) is 103 Å². The number of rotatable bonds is 2. The normalized spacial score (nSPS) is 12.2. The van der Waals surface area contributed by atoms with Crippen molar-refractivity contribution in [3.05, 3.63) is 121 Å². The van der Waals surface area contributed by atoms with Gasteiger partial charge in [0.25, 0.3) is 0 Å². The summed E-state index contributed by atoms with van der Waals surface area (Å²) in [5.41, 5.74) is 4.18. The summed E-state index contributed by atoms with van der Waals surface area (Å²) in [7, 11) is 0. The van der Waals surface area contributed by atoms with Crippen LogP contribution >= 0.6 is 34.0 Å². The molecular formula is C38H20N2S3. The van der Waals surface area contributed by atoms with Crippen LogP contribution in [0.4, 0.5) is 0 Å². The third-order valence-electron chi connectivity index (χ3n) is 8.47. The van der Waals surface area contributed by atoms with E-state index in [-0.39, 0.29) is 0 Å². The summed E-state index contributed by atoms with van der Waals surface area (Å²) < 4.78 is 7.72. The summed E-state index contributed by atoms with van der Waals surface area (Å²) in [6, 6.07) is 43.4. The van der Waals surface area contributed by atoms with Crippen LogP contribution in [0.1, 0.15) is 0 Å². The molecule has 4 aromatic heterocycles. The molecule has 0 aliphatic heterocycles. The summed E-state index contributed by atoms with van der Waals surface area (Å²) in [6.07, 6.45) is 0. The van der Waals surface area contributed by atoms with Crippen LogP contribution in [0.15, 0.2) is 121 Å². The molecule has 0 N–H and O–H groups in total. The Hall–Kier alpha value is -4.68. The highest BCUT2D eigenvalue weighted by Gasteiger charge is 2.24. The van der Waals surface area contributed by atoms with Crippen molar-refractivity contribution < 1.29 is 0 Å². The maximum atomic E-state index is 5.36. The Kier molecular flexibility index (Phi) is 4.94. The molecule has 43 heavy (non-hydrogen) atoms. The van der Waals surface area contributed by atoms with E-state index in [2.05, 4.69) is 115 Å². The standard InChI is InChI=1S/C38H20N2S3/c1-3-11-21(12-4-1)33-37-34(40-38(39-33)22-13-5-2-6-14-22)32-35(43-37)25-19-20-28-29(23-15-7-9-17-26(23)41-28)30(25)31-24-16-8-10-18-27(24)42-36(31)32/h1-20H. The number of nitrogens with zero attached hydrogens (tertiary/aromatic N) is 2. The Morgan fingerprint density at radius 2 is 1.02 bits per heavy atom. The van der Waals surface area contributed by atoms with Crippen molar-refractivity contribution in [2.75, 3.05) is 0 Å². The van der Waals surface area contributed by atoms with Gasteiger partial charge < -0.3 is 0 Å². The monoisotopic (exact) mass is 600 g/mol. The van der Waals surface area contributed by atoms with Crippen LogP contribution in [0.3, 0.4) is 0 Å². The summed E-state index contributed by atoms with van der Waals surface area (Å²) in [5, 5.41) is 9.27. The molecule has 0 spiro atoms. The van der Waals surface area contributed by atoms with Crippen LogP contribution in [0.2, 0.25) is 0 Å². The van der Waals surface area contributed by atoms with Crippen molar-refractivity contribution in [2.45, 2.75) is 0 Å². The van der Waals surface area contributed by atoms with E-state index in [4.69, 9.17) is 9.97 Å². The van der Waals surface area contributed by atoms with Crippen LogP contribution in [-0.4, -0.2) is 9.97 Å². The van der Waals surface area contributed by atoms with Gasteiger partial charge in [0.1, 0.15) is 0 Å². The maximum Gasteiger partial charge on any atom is 0.160 e. The first-order chi connectivity index (χ1) is 21.3. The number of thiophene rings is 3. The Morgan fingerprint density at radius 3 is 1.79 bits per heavy atom. The fourth-order valence-corrected chi connectivity index (χ4v) is 10.4. The van der Waals surface area contributed by atoms with Crippen LogP contribution in [-0.2, 0) is 0 Å². The van der Waals surface area contributed by atoms with Crippen molar-refractivity contribution in [3.63, 3.8) is 0 Å². The fourth-order valence-electron chi connectivity index (χ4n) is 6.62. The molecule has 200 valence electrons. The third kappa shape index (κ3) is 3.33. The number of hydrogen-bond donors (Lipinski definition) is 0. The van der Waals surface area contributed by atoms with Crippen LogP contribution in [0.25, 0.3) is 94.1 Å². The molecule has 0 radical (unpaired) electrons. The Bertz CT molecular complexity index is 2720. The first-order valence-corrected chi connectivity index (χ1v) is 16.7. The minimum Gasteiger partial charge on any atom is -0.226 e. The molecule has 0 saturated carbocycles. The molecule has 0 unspecified atom stereocenters. The Morgan fingerprint density at radius 1 is 0.372 bits per heavy atom. The van der Waals surface area contributed by atoms with E-state index in [0.717, 1.165) is 32.9 Å². The second kappa shape index (κ2) is 8.91. The molecular weight excluding hydrogens is 581 g/mol. The molecule has 0 bridgehead atoms. The van der Waals surface area contributed by atoms with Gasteiger partial charge in [-0.05, 0) is 18.2 Å². The third-order valence-corrected chi connectivity index (χ3v) is 12.0. The lowest BCUT2D eigenvalue weighted by Crippen LogP contribution is -1.93. The molecule has 4 heterocycles. The molecule has 0 amide bonds. The van der Waals surface area contributed by atoms with E-state index in [0.29, 0.717) is 0 Å². The first-order valence-electron chi connectivity index (χ1n) is 14.3. The Balaban J connectivity index is 1.49. The predicted molar refractivity (Wildman–Crippen MR) is 189 cm³/mol. The van der Waals surface area contributed by atoms with Gasteiger partial charge in [0, 0.05) is 72.3 Å². The molecule has 0 aliphatic rings. The van der Waals surface area contributed by atoms with Gasteiger partial charge in [-0.3, -0.25) is 0 Å². The van der Waals surface area contributed by atoms with E-state index in [1.54, 1.807) is 0 Å². The molecule has 0 aliphatic carbocycles. The highest BCUT2D eigenvalue weighted by Crippen LogP contribution is 2.53. The van der Waals surface area contributed by atoms with E-state index in [1.165, 1.54) is 61.2 Å². The zero-order chi connectivity index (χ0) is 28.1. The Labute approximate surface area is 258 Å². The number of aromatic nitrogens is 2. The maximum absolute atomic E-state index is 5.36. The lowest BCUT2D eigenvalue weighted by atomic mass is 9.97. The van der Waals surface area contributed by atoms with Crippen LogP contribution in [0, 0.1) is 0 Å². The lowest BCUT2D eigenvalue weighted by molar-refractivity contribution is 1.24. The summed E-state index contributed by atoms with van der Waals surface area (Å²) >= 11 is 5.63. The lowest BCUT2D eigenvalue weighted by Gasteiger charge is -2.08. The zero-order valence-electron chi connectivity index (χ0n) is 22.7. The van der Waals surface area contributed by atoms with E-state index in [1.807, 2.05) is 40.1 Å². The molecule has 6 aromatic carbocycles. The molecule has 10 aromatic rings. The van der Waals surface area contributed by atoms with Crippen LogP contribution in [0.5, 0.6) is 0 Å². The summed E-state index contributed by atoms with van der Waals surface area (Å²) in [4.78, 5) is 10.6. The molecule has 5 heteroatoms. The van der Waals surface area contributed by atoms with Gasteiger partial charge in [0.05, 0.1) is 15.9 Å². The molecule has 10 rings (SSSR count). The van der Waals surface area contributed by atoms with Crippen molar-refractivity contribution >= 4 is 105 Å². The van der Waals surface area contributed by atoms with Gasteiger partial charge in [0.2, 0.25) is 0 Å². The number of benzene rings is 6. The molecule has 2 nitrogen and oxygen atoms in total. The van der Waals surface area contributed by atoms with E-state index < -0.39 is 0 Å². The molecule has 0 fully saturated rings. The number of hydrogen-bond acceptors (Lipinski definition) is 5. The first kappa shape index (κ1) is 23.8. The largest absolute Gasteiger partial charge is 0.226 e. The van der Waals surface area contributed by atoms with E-state index >= 15 is 0 Å². The zero-order valence-corrected chi connectivity index (χ0v) is 25.1. The van der Waals surface area contributed by atoms with Gasteiger partial charge in [-0.25, -0.2) is 9.97 Å². The molecule has 0 atom stereocenters. The SMILES string of the molecule is c1ccc(-c2nc(-c3ccccc3)c3sc4c5ccc6sc7ccccc7c6c5c5c6ccccc6sc5c4c3n2)cc1. The van der Waals surface area contributed by atoms with Gasteiger partial charge in [0.15, 0.2) is 5.82 Å². The van der Waals surface area contributed by atoms with Gasteiger partial charge in [-0.2, -0.15) is 0 Å². The van der Waals surface area contributed by atoms with Crippen LogP contribution < -0.4 is 0 Å². The molecule has 0 saturated heterocycles. The van der Waals surface area contributed by atoms with Gasteiger partial charge >= 0.3 is 0 Å². The quantitative estimate of drug-likeness (QED) is 0.197. The minimum atomic E-state index is 0.764. The highest BCUT2D eigenvalue weighted by molar-refractivity contribution is 7.31. The fraction of sp³-hybridized carbons (Fsp3) is 0. The average Bonchev–Trinajstić information content (AvgIpc) is 3.76. The predicted octanol–water partition coefficient (Wildman–Crippen LogP) is 12.1.